The number of hydrogen-bond donors (Lipinski definition) is 2. The van der Waals surface area contributed by atoms with E-state index in [1.807, 2.05) is 48.5 Å². The summed E-state index contributed by atoms with van der Waals surface area (Å²) in [6.45, 7) is 0.0873. The molecule has 1 aliphatic rings. The van der Waals surface area contributed by atoms with Crippen LogP contribution in [0, 0.1) is 0 Å². The molecule has 0 radical (unpaired) electrons. The maximum Gasteiger partial charge on any atom is 0.248 e. The van der Waals surface area contributed by atoms with Crippen LogP contribution in [0.3, 0.4) is 0 Å². The molecule has 0 saturated carbocycles. The molecule has 0 unspecified atom stereocenters. The molecule has 0 spiro atoms. The van der Waals surface area contributed by atoms with Crippen LogP contribution in [0.2, 0.25) is 0 Å². The summed E-state index contributed by atoms with van der Waals surface area (Å²) in [5, 5.41) is 4.54. The minimum absolute atomic E-state index is 0.0873. The molecular formula is C27H23N3O4S. The highest BCUT2D eigenvalue weighted by atomic mass is 32.2. The van der Waals surface area contributed by atoms with Gasteiger partial charge in [0.05, 0.1) is 4.90 Å². The number of sulfonamides is 1. The topological polar surface area (TPSA) is 110 Å². The van der Waals surface area contributed by atoms with Crippen LogP contribution in [0.5, 0.6) is 0 Å². The van der Waals surface area contributed by atoms with Gasteiger partial charge in [0.2, 0.25) is 21.8 Å². The number of amides is 2. The normalized spacial score (nSPS) is 15.9. The van der Waals surface area contributed by atoms with Crippen LogP contribution in [0.1, 0.15) is 21.5 Å². The molecule has 1 atom stereocenters. The van der Waals surface area contributed by atoms with Gasteiger partial charge in [-0.15, -0.1) is 0 Å². The molecule has 2 amide bonds. The number of anilines is 1. The zero-order valence-corrected chi connectivity index (χ0v) is 19.5. The Morgan fingerprint density at radius 3 is 2.20 bits per heavy atom. The molecular weight excluding hydrogens is 462 g/mol. The van der Waals surface area contributed by atoms with Gasteiger partial charge in [-0.2, -0.15) is 4.31 Å². The van der Waals surface area contributed by atoms with E-state index >= 15 is 0 Å². The van der Waals surface area contributed by atoms with Gasteiger partial charge in [-0.25, -0.2) is 8.42 Å². The predicted molar refractivity (Wildman–Crippen MR) is 134 cm³/mol. The largest absolute Gasteiger partial charge is 0.366 e. The fourth-order valence-electron chi connectivity index (χ4n) is 4.38. The first-order chi connectivity index (χ1) is 16.8. The van der Waals surface area contributed by atoms with E-state index in [1.165, 1.54) is 16.4 Å². The predicted octanol–water partition coefficient (Wildman–Crippen LogP) is 3.69. The molecule has 8 heteroatoms. The van der Waals surface area contributed by atoms with E-state index in [9.17, 15) is 18.0 Å². The minimum Gasteiger partial charge on any atom is -0.366 e. The molecule has 5 rings (SSSR count). The van der Waals surface area contributed by atoms with Gasteiger partial charge >= 0.3 is 0 Å². The molecule has 0 aromatic heterocycles. The lowest BCUT2D eigenvalue weighted by atomic mass is 9.95. The Morgan fingerprint density at radius 2 is 1.49 bits per heavy atom. The van der Waals surface area contributed by atoms with E-state index in [1.54, 1.807) is 30.3 Å². The number of primary amides is 1. The second-order valence-electron chi connectivity index (χ2n) is 8.48. The third kappa shape index (κ3) is 4.41. The molecule has 3 N–H and O–H groups in total. The summed E-state index contributed by atoms with van der Waals surface area (Å²) in [6, 6.07) is 25.3. The minimum atomic E-state index is -3.99. The molecule has 35 heavy (non-hydrogen) atoms. The van der Waals surface area contributed by atoms with Crippen molar-refractivity contribution in [1.82, 2.24) is 4.31 Å². The summed E-state index contributed by atoms with van der Waals surface area (Å²) in [6.07, 6.45) is 0.244. The highest BCUT2D eigenvalue weighted by Gasteiger charge is 2.39. The van der Waals surface area contributed by atoms with Gasteiger partial charge < -0.3 is 11.1 Å². The van der Waals surface area contributed by atoms with Crippen LogP contribution in [0.25, 0.3) is 10.8 Å². The fourth-order valence-corrected chi connectivity index (χ4v) is 5.98. The Morgan fingerprint density at radius 1 is 0.829 bits per heavy atom. The lowest BCUT2D eigenvalue weighted by molar-refractivity contribution is -0.120. The van der Waals surface area contributed by atoms with Gasteiger partial charge in [0.25, 0.3) is 0 Å². The van der Waals surface area contributed by atoms with Crippen molar-refractivity contribution < 1.29 is 18.0 Å². The van der Waals surface area contributed by atoms with Crippen LogP contribution in [-0.4, -0.2) is 30.6 Å². The zero-order valence-electron chi connectivity index (χ0n) is 18.7. The standard InChI is InChI=1S/C27H23N3O4S/c28-26(31)19-9-12-23(13-10-19)29-27(32)25-16-21-7-3-4-8-22(21)17-30(25)35(33,34)24-14-11-18-5-1-2-6-20(18)15-24/h1-15,25H,16-17H2,(H2,28,31)(H,29,32)/t25-/m0/s1. The van der Waals surface area contributed by atoms with E-state index in [0.29, 0.717) is 11.3 Å². The maximum absolute atomic E-state index is 13.8. The first-order valence-electron chi connectivity index (χ1n) is 11.1. The second-order valence-corrected chi connectivity index (χ2v) is 10.4. The molecule has 7 nitrogen and oxygen atoms in total. The van der Waals surface area contributed by atoms with Crippen LogP contribution < -0.4 is 11.1 Å². The van der Waals surface area contributed by atoms with Gasteiger partial charge in [0.15, 0.2) is 0 Å². The van der Waals surface area contributed by atoms with Crippen LogP contribution in [0.4, 0.5) is 5.69 Å². The van der Waals surface area contributed by atoms with Gasteiger partial charge in [-0.05, 0) is 64.7 Å². The SMILES string of the molecule is NC(=O)c1ccc(NC(=O)[C@@H]2Cc3ccccc3CN2S(=O)(=O)c2ccc3ccccc3c2)cc1. The Labute approximate surface area is 203 Å². The lowest BCUT2D eigenvalue weighted by Gasteiger charge is -2.35. The summed E-state index contributed by atoms with van der Waals surface area (Å²) >= 11 is 0. The summed E-state index contributed by atoms with van der Waals surface area (Å²) in [5.41, 5.74) is 7.84. The zero-order chi connectivity index (χ0) is 24.6. The molecule has 4 aromatic rings. The third-order valence-corrected chi connectivity index (χ3v) is 8.12. The number of fused-ring (bicyclic) bond motifs is 2. The van der Waals surface area contributed by atoms with Crippen molar-refractivity contribution >= 4 is 38.3 Å². The number of benzene rings is 4. The van der Waals surface area contributed by atoms with E-state index in [-0.39, 0.29) is 17.9 Å². The summed E-state index contributed by atoms with van der Waals surface area (Å²) < 4.78 is 28.9. The second kappa shape index (κ2) is 8.98. The van der Waals surface area contributed by atoms with E-state index in [2.05, 4.69) is 5.32 Å². The highest BCUT2D eigenvalue weighted by molar-refractivity contribution is 7.89. The van der Waals surface area contributed by atoms with Crippen molar-refractivity contribution in [1.29, 1.82) is 0 Å². The molecule has 0 aliphatic carbocycles. The van der Waals surface area contributed by atoms with E-state index in [4.69, 9.17) is 5.73 Å². The van der Waals surface area contributed by atoms with Crippen molar-refractivity contribution in [2.75, 3.05) is 5.32 Å². The lowest BCUT2D eigenvalue weighted by Crippen LogP contribution is -2.50. The Balaban J connectivity index is 1.51. The first-order valence-corrected chi connectivity index (χ1v) is 12.5. The number of nitrogens with two attached hydrogens (primary N) is 1. The first kappa shape index (κ1) is 22.8. The number of hydrogen-bond acceptors (Lipinski definition) is 4. The fraction of sp³-hybridized carbons (Fsp3) is 0.111. The third-order valence-electron chi connectivity index (χ3n) is 6.27. The quantitative estimate of drug-likeness (QED) is 0.449. The number of carbonyl (C=O) groups excluding carboxylic acids is 2. The molecule has 1 heterocycles. The molecule has 1 aliphatic heterocycles. The molecule has 176 valence electrons. The van der Waals surface area contributed by atoms with Crippen molar-refractivity contribution in [2.45, 2.75) is 23.9 Å². The Kier molecular flexibility index (Phi) is 5.84. The molecule has 0 saturated heterocycles. The van der Waals surface area contributed by atoms with Crippen LogP contribution >= 0.6 is 0 Å². The van der Waals surface area contributed by atoms with Gasteiger partial charge in [0, 0.05) is 17.8 Å². The summed E-state index contributed by atoms with van der Waals surface area (Å²) in [4.78, 5) is 24.9. The number of carbonyl (C=O) groups is 2. The number of rotatable bonds is 5. The average molecular weight is 486 g/mol. The van der Waals surface area contributed by atoms with Crippen LogP contribution in [-0.2, 0) is 27.8 Å². The van der Waals surface area contributed by atoms with Gasteiger partial charge in [0.1, 0.15) is 6.04 Å². The van der Waals surface area contributed by atoms with Crippen molar-refractivity contribution in [2.24, 2.45) is 5.73 Å². The maximum atomic E-state index is 13.8. The molecule has 4 aromatic carbocycles. The molecule has 0 bridgehead atoms. The number of nitrogens with one attached hydrogen (secondary N) is 1. The van der Waals surface area contributed by atoms with Crippen LogP contribution in [0.15, 0.2) is 95.9 Å². The van der Waals surface area contributed by atoms with Crippen molar-refractivity contribution in [3.05, 3.63) is 108 Å². The van der Waals surface area contributed by atoms with E-state index in [0.717, 1.165) is 21.9 Å². The Hall–Kier alpha value is -4.01. The smallest absolute Gasteiger partial charge is 0.248 e. The van der Waals surface area contributed by atoms with Crippen molar-refractivity contribution in [3.8, 4) is 0 Å². The number of nitrogens with zero attached hydrogens (tertiary/aromatic N) is 1. The van der Waals surface area contributed by atoms with E-state index < -0.39 is 27.9 Å². The van der Waals surface area contributed by atoms with Crippen molar-refractivity contribution in [3.63, 3.8) is 0 Å². The monoisotopic (exact) mass is 485 g/mol. The summed E-state index contributed by atoms with van der Waals surface area (Å²) in [7, 11) is -3.99. The average Bonchev–Trinajstić information content (AvgIpc) is 2.87. The molecule has 0 fully saturated rings. The highest BCUT2D eigenvalue weighted by Crippen LogP contribution is 2.31. The van der Waals surface area contributed by atoms with Gasteiger partial charge in [-0.3, -0.25) is 9.59 Å². The summed E-state index contributed by atoms with van der Waals surface area (Å²) in [5.74, 6) is -1.02. The van der Waals surface area contributed by atoms with Gasteiger partial charge in [-0.1, -0.05) is 54.6 Å². The Bertz CT molecular complexity index is 1550.